The molecule has 0 saturated heterocycles. The molecule has 1 amide bonds. The third kappa shape index (κ3) is 8.53. The zero-order valence-electron chi connectivity index (χ0n) is 29.5. The first-order valence-electron chi connectivity index (χ1n) is 16.6. The first-order chi connectivity index (χ1) is 25.2. The lowest BCUT2D eigenvalue weighted by Crippen LogP contribution is -2.43. The summed E-state index contributed by atoms with van der Waals surface area (Å²) in [7, 11) is -5.78. The average Bonchev–Trinajstić information content (AvgIpc) is 3.95. The highest BCUT2D eigenvalue weighted by atomic mass is 35.5. The minimum atomic E-state index is -5.78. The highest BCUT2D eigenvalue weighted by molar-refractivity contribution is 7.89. The molecule has 0 aromatic heterocycles. The molecule has 1 N–H and O–H groups in total. The number of rotatable bonds is 13. The van der Waals surface area contributed by atoms with Crippen molar-refractivity contribution in [3.8, 4) is 5.75 Å². The smallest absolute Gasteiger partial charge is 0.335 e. The van der Waals surface area contributed by atoms with E-state index in [0.29, 0.717) is 5.56 Å². The highest BCUT2D eigenvalue weighted by Gasteiger charge is 2.39. The fourth-order valence-electron chi connectivity index (χ4n) is 5.77. The number of anilines is 1. The number of hydrogen-bond donors (Lipinski definition) is 1. The van der Waals surface area contributed by atoms with Crippen LogP contribution < -0.4 is 9.64 Å². The number of carboxylic acid groups (broad SMARTS) is 1. The molecule has 288 valence electrons. The molecule has 4 aromatic carbocycles. The summed E-state index contributed by atoms with van der Waals surface area (Å²) in [5.74, 6) is -16.1. The summed E-state index contributed by atoms with van der Waals surface area (Å²) < 4.78 is 121. The standard InChI is InChI=1S/C38H35ClF6N2O6S/c1-5-53-29-15-22(37(49)50)9-11-28(29)47(17-20-12-24(21-6-7-21)14-25(13-20)38(2,3)4)30(48)19-46(18-23-8-10-26(40)16-27(23)39)54(51,52)36-34(44)32(42)31(41)33(43)35(36)45/h8-16,21H,5-7,17-19H2,1-4H3,(H,49,50). The van der Waals surface area contributed by atoms with E-state index in [0.717, 1.165) is 53.1 Å². The van der Waals surface area contributed by atoms with Crippen LogP contribution in [0.5, 0.6) is 5.75 Å². The molecule has 1 aliphatic rings. The van der Waals surface area contributed by atoms with Gasteiger partial charge in [0.25, 0.3) is 0 Å². The molecule has 0 atom stereocenters. The number of halogens is 7. The van der Waals surface area contributed by atoms with Gasteiger partial charge in [0.1, 0.15) is 11.6 Å². The van der Waals surface area contributed by atoms with E-state index in [1.165, 1.54) is 12.1 Å². The first-order valence-corrected chi connectivity index (χ1v) is 18.5. The molecule has 4 aromatic rings. The van der Waals surface area contributed by atoms with E-state index >= 15 is 8.78 Å². The van der Waals surface area contributed by atoms with Crippen LogP contribution in [-0.4, -0.2) is 42.9 Å². The molecule has 8 nitrogen and oxygen atoms in total. The molecular weight excluding hydrogens is 762 g/mol. The summed E-state index contributed by atoms with van der Waals surface area (Å²) in [6.07, 6.45) is 1.88. The predicted octanol–water partition coefficient (Wildman–Crippen LogP) is 8.87. The van der Waals surface area contributed by atoms with Crippen LogP contribution in [0.3, 0.4) is 0 Å². The molecule has 16 heteroatoms. The monoisotopic (exact) mass is 796 g/mol. The second kappa shape index (κ2) is 15.6. The summed E-state index contributed by atoms with van der Waals surface area (Å²) in [5.41, 5.74) is 1.74. The van der Waals surface area contributed by atoms with Gasteiger partial charge in [0, 0.05) is 11.6 Å². The van der Waals surface area contributed by atoms with Crippen molar-refractivity contribution in [3.05, 3.63) is 122 Å². The fourth-order valence-corrected chi connectivity index (χ4v) is 7.48. The Kier molecular flexibility index (Phi) is 11.7. The molecule has 0 bridgehead atoms. The summed E-state index contributed by atoms with van der Waals surface area (Å²) in [4.78, 5) is 25.3. The lowest BCUT2D eigenvalue weighted by Gasteiger charge is -2.30. The van der Waals surface area contributed by atoms with E-state index < -0.39 is 74.8 Å². The fraction of sp³-hybridized carbons (Fsp3) is 0.316. The second-order valence-electron chi connectivity index (χ2n) is 13.8. The van der Waals surface area contributed by atoms with Gasteiger partial charge in [-0.3, -0.25) is 4.79 Å². The summed E-state index contributed by atoms with van der Waals surface area (Å²) >= 11 is 6.16. The Labute approximate surface area is 313 Å². The lowest BCUT2D eigenvalue weighted by molar-refractivity contribution is -0.119. The summed E-state index contributed by atoms with van der Waals surface area (Å²) in [6, 6.07) is 12.1. The van der Waals surface area contributed by atoms with E-state index in [4.69, 9.17) is 16.3 Å². The van der Waals surface area contributed by atoms with Crippen LogP contribution in [0.4, 0.5) is 32.0 Å². The first kappa shape index (κ1) is 40.6. The molecule has 5 rings (SSSR count). The molecule has 0 spiro atoms. The number of carbonyl (C=O) groups excluding carboxylic acids is 1. The molecule has 0 heterocycles. The van der Waals surface area contributed by atoms with Crippen molar-refractivity contribution in [1.82, 2.24) is 4.31 Å². The van der Waals surface area contributed by atoms with Gasteiger partial charge in [-0.1, -0.05) is 56.6 Å². The largest absolute Gasteiger partial charge is 0.492 e. The number of ether oxygens (including phenoxy) is 1. The molecule has 1 saturated carbocycles. The van der Waals surface area contributed by atoms with E-state index in [1.54, 1.807) is 6.92 Å². The number of nitrogens with zero attached hydrogens (tertiary/aromatic N) is 2. The summed E-state index contributed by atoms with van der Waals surface area (Å²) in [5, 5.41) is 9.29. The topological polar surface area (TPSA) is 104 Å². The quantitative estimate of drug-likeness (QED) is 0.0824. The van der Waals surface area contributed by atoms with Gasteiger partial charge in [0.05, 0.1) is 30.9 Å². The Bertz CT molecular complexity index is 2220. The van der Waals surface area contributed by atoms with Gasteiger partial charge in [0.2, 0.25) is 21.7 Å². The molecule has 0 unspecified atom stereocenters. The van der Waals surface area contributed by atoms with Crippen molar-refractivity contribution < 1.29 is 54.2 Å². The SMILES string of the molecule is CCOc1cc(C(=O)O)ccc1N(Cc1cc(C2CC2)cc(C(C)(C)C)c1)C(=O)CN(Cc1ccc(F)cc1Cl)S(=O)(=O)c1c(F)c(F)c(F)c(F)c1F. The molecular formula is C38H35ClF6N2O6S. The highest BCUT2D eigenvalue weighted by Crippen LogP contribution is 2.42. The summed E-state index contributed by atoms with van der Waals surface area (Å²) in [6.45, 7) is 5.06. The van der Waals surface area contributed by atoms with Crippen LogP contribution in [0.25, 0.3) is 0 Å². The van der Waals surface area contributed by atoms with Gasteiger partial charge in [-0.05, 0) is 83.7 Å². The predicted molar refractivity (Wildman–Crippen MR) is 188 cm³/mol. The molecule has 54 heavy (non-hydrogen) atoms. The Morgan fingerprint density at radius 3 is 2.06 bits per heavy atom. The van der Waals surface area contributed by atoms with Gasteiger partial charge in [0.15, 0.2) is 28.2 Å². The maximum Gasteiger partial charge on any atom is 0.335 e. The number of amides is 1. The minimum Gasteiger partial charge on any atom is -0.492 e. The van der Waals surface area contributed by atoms with Crippen LogP contribution in [0.15, 0.2) is 59.5 Å². The zero-order valence-corrected chi connectivity index (χ0v) is 31.0. The van der Waals surface area contributed by atoms with E-state index in [1.807, 2.05) is 32.9 Å². The van der Waals surface area contributed by atoms with Gasteiger partial charge >= 0.3 is 5.97 Å². The number of carboxylic acids is 1. The normalized spacial score (nSPS) is 13.3. The van der Waals surface area contributed by atoms with E-state index in [9.17, 15) is 40.7 Å². The van der Waals surface area contributed by atoms with Crippen molar-refractivity contribution in [2.24, 2.45) is 0 Å². The van der Waals surface area contributed by atoms with Gasteiger partial charge < -0.3 is 14.7 Å². The van der Waals surface area contributed by atoms with Crippen molar-refractivity contribution in [2.45, 2.75) is 69.9 Å². The van der Waals surface area contributed by atoms with E-state index in [-0.39, 0.29) is 56.4 Å². The molecule has 0 aliphatic heterocycles. The van der Waals surface area contributed by atoms with Crippen LogP contribution >= 0.6 is 11.6 Å². The average molecular weight is 797 g/mol. The van der Waals surface area contributed by atoms with Crippen molar-refractivity contribution >= 4 is 39.2 Å². The maximum absolute atomic E-state index is 15.1. The minimum absolute atomic E-state index is 0.00720. The van der Waals surface area contributed by atoms with Gasteiger partial charge in [-0.15, -0.1) is 0 Å². The Balaban J connectivity index is 1.69. The second-order valence-corrected chi connectivity index (χ2v) is 16.1. The van der Waals surface area contributed by atoms with Crippen molar-refractivity contribution in [2.75, 3.05) is 18.1 Å². The number of aromatic carboxylic acids is 1. The van der Waals surface area contributed by atoms with Crippen LogP contribution in [0.1, 0.15) is 79.1 Å². The Morgan fingerprint density at radius 1 is 0.870 bits per heavy atom. The molecule has 1 aliphatic carbocycles. The number of hydrogen-bond acceptors (Lipinski definition) is 5. The van der Waals surface area contributed by atoms with Crippen molar-refractivity contribution in [3.63, 3.8) is 0 Å². The number of carbonyl (C=O) groups is 2. The lowest BCUT2D eigenvalue weighted by atomic mass is 9.84. The van der Waals surface area contributed by atoms with E-state index in [2.05, 4.69) is 6.07 Å². The van der Waals surface area contributed by atoms with Gasteiger partial charge in [-0.2, -0.15) is 4.31 Å². The van der Waals surface area contributed by atoms with Crippen LogP contribution in [0.2, 0.25) is 5.02 Å². The molecule has 1 fully saturated rings. The van der Waals surface area contributed by atoms with Crippen molar-refractivity contribution in [1.29, 1.82) is 0 Å². The van der Waals surface area contributed by atoms with Crippen LogP contribution in [0, 0.1) is 34.9 Å². The maximum atomic E-state index is 15.1. The van der Waals surface area contributed by atoms with Crippen LogP contribution in [-0.2, 0) is 33.3 Å². The Morgan fingerprint density at radius 2 is 1.50 bits per heavy atom. The Hall–Kier alpha value is -4.60. The third-order valence-electron chi connectivity index (χ3n) is 8.81. The third-order valence-corrected chi connectivity index (χ3v) is 11.0. The number of benzene rings is 4. The number of sulfonamides is 1. The molecule has 0 radical (unpaired) electrons. The van der Waals surface area contributed by atoms with Gasteiger partial charge in [-0.25, -0.2) is 39.6 Å². The zero-order chi connectivity index (χ0) is 39.9.